The van der Waals surface area contributed by atoms with Crippen molar-refractivity contribution >= 4 is 33.4 Å². The molecule has 0 amide bonds. The molecule has 0 aromatic carbocycles. The fourth-order valence-corrected chi connectivity index (χ4v) is 2.94. The first-order chi connectivity index (χ1) is 11.8. The molecule has 0 spiro atoms. The fraction of sp³-hybridized carbons (Fsp3) is 0.462. The van der Waals surface area contributed by atoms with E-state index in [1.165, 1.54) is 16.8 Å². The second kappa shape index (κ2) is 6.75. The summed E-state index contributed by atoms with van der Waals surface area (Å²) < 4.78 is 56.9. The molecule has 25 heavy (non-hydrogen) atoms. The Labute approximate surface area is 146 Å². The average Bonchev–Trinajstić information content (AvgIpc) is 2.82. The van der Waals surface area contributed by atoms with Crippen LogP contribution >= 0.6 is 15.9 Å². The van der Waals surface area contributed by atoms with Crippen LogP contribution in [0, 0.1) is 5.82 Å². The molecule has 0 bridgehead atoms. The minimum absolute atomic E-state index is 0.0591. The number of aromatic nitrogens is 3. The van der Waals surface area contributed by atoms with Crippen molar-refractivity contribution in [2.45, 2.75) is 24.7 Å². The summed E-state index contributed by atoms with van der Waals surface area (Å²) >= 11 is 3.14. The second-order valence-corrected chi connectivity index (χ2v) is 6.19. The fourth-order valence-electron chi connectivity index (χ4n) is 2.47. The number of anilines is 1. The van der Waals surface area contributed by atoms with Crippen LogP contribution < -0.4 is 10.6 Å². The summed E-state index contributed by atoms with van der Waals surface area (Å²) in [5.41, 5.74) is 0.141. The van der Waals surface area contributed by atoms with E-state index in [0.717, 1.165) is 0 Å². The van der Waals surface area contributed by atoms with Crippen LogP contribution in [0.2, 0.25) is 0 Å². The molecular formula is C13H12BrF4N5O2. The minimum atomic E-state index is -5.06. The molecule has 0 aliphatic carbocycles. The molecule has 7 nitrogen and oxygen atoms in total. The van der Waals surface area contributed by atoms with E-state index in [2.05, 4.69) is 41.4 Å². The van der Waals surface area contributed by atoms with Crippen molar-refractivity contribution in [1.82, 2.24) is 19.9 Å². The third-order valence-electron chi connectivity index (χ3n) is 3.66. The molecule has 1 saturated heterocycles. The van der Waals surface area contributed by atoms with Crippen LogP contribution in [0.15, 0.2) is 16.9 Å². The van der Waals surface area contributed by atoms with Crippen molar-refractivity contribution in [2.75, 3.05) is 18.4 Å². The number of esters is 1. The van der Waals surface area contributed by atoms with Crippen LogP contribution in [0.4, 0.5) is 23.5 Å². The Morgan fingerprint density at radius 3 is 2.96 bits per heavy atom. The summed E-state index contributed by atoms with van der Waals surface area (Å²) in [5.74, 6) is -2.69. The molecule has 0 saturated carbocycles. The number of hydrogen-bond donors (Lipinski definition) is 2. The lowest BCUT2D eigenvalue weighted by molar-refractivity contribution is -0.205. The average molecular weight is 426 g/mol. The van der Waals surface area contributed by atoms with Crippen LogP contribution in [0.25, 0.3) is 5.52 Å². The molecule has 1 fully saturated rings. The van der Waals surface area contributed by atoms with E-state index in [4.69, 9.17) is 0 Å². The normalized spacial score (nSPS) is 21.3. The topological polar surface area (TPSA) is 80.5 Å². The Bertz CT molecular complexity index is 797. The molecule has 2 atom stereocenters. The highest BCUT2D eigenvalue weighted by Crippen LogP contribution is 2.22. The number of ether oxygens (including phenoxy) is 1. The maximum atomic E-state index is 13.6. The van der Waals surface area contributed by atoms with Gasteiger partial charge in [0.15, 0.2) is 5.82 Å². The number of rotatable bonds is 3. The number of piperidine rings is 1. The first-order valence-corrected chi connectivity index (χ1v) is 8.00. The summed E-state index contributed by atoms with van der Waals surface area (Å²) in [4.78, 5) is 15.0. The highest BCUT2D eigenvalue weighted by Gasteiger charge is 2.43. The Hall–Kier alpha value is -1.95. The zero-order valence-electron chi connectivity index (χ0n) is 12.5. The van der Waals surface area contributed by atoms with Gasteiger partial charge in [-0.05, 0) is 28.9 Å². The lowest BCUT2D eigenvalue weighted by atomic mass is 10.0. The van der Waals surface area contributed by atoms with Gasteiger partial charge in [-0.3, -0.25) is 0 Å². The molecule has 2 aromatic heterocycles. The molecule has 2 N–H and O–H groups in total. The monoisotopic (exact) mass is 425 g/mol. The van der Waals surface area contributed by atoms with Gasteiger partial charge < -0.3 is 15.4 Å². The number of carbonyl (C=O) groups excluding carboxylic acids is 1. The quantitative estimate of drug-likeness (QED) is 0.577. The van der Waals surface area contributed by atoms with Gasteiger partial charge in [0, 0.05) is 12.6 Å². The van der Waals surface area contributed by atoms with Crippen LogP contribution in [0.5, 0.6) is 0 Å². The number of nitrogens with one attached hydrogen (secondary N) is 2. The number of nitrogens with zero attached hydrogens (tertiary/aromatic N) is 3. The van der Waals surface area contributed by atoms with Gasteiger partial charge in [-0.1, -0.05) is 0 Å². The SMILES string of the molecule is O=C(OC1CNCCC1Nc1ncc2c(F)cc(Br)n2n1)C(F)(F)F. The predicted molar refractivity (Wildman–Crippen MR) is 81.5 cm³/mol. The van der Waals surface area contributed by atoms with Crippen LogP contribution in [0.3, 0.4) is 0 Å². The summed E-state index contributed by atoms with van der Waals surface area (Å²) in [6, 6.07) is 0.593. The molecule has 0 radical (unpaired) electrons. The molecule has 3 heterocycles. The number of fused-ring (bicyclic) bond motifs is 1. The van der Waals surface area contributed by atoms with Gasteiger partial charge in [-0.15, -0.1) is 5.10 Å². The lowest BCUT2D eigenvalue weighted by Gasteiger charge is -2.32. The summed E-state index contributed by atoms with van der Waals surface area (Å²) in [6.45, 7) is 0.575. The first-order valence-electron chi connectivity index (χ1n) is 7.20. The van der Waals surface area contributed by atoms with Gasteiger partial charge >= 0.3 is 12.1 Å². The summed E-state index contributed by atoms with van der Waals surface area (Å²) in [6.07, 6.45) is -4.48. The smallest absolute Gasteiger partial charge is 0.452 e. The molecule has 1 aliphatic rings. The first kappa shape index (κ1) is 17.9. The third kappa shape index (κ3) is 3.84. The van der Waals surface area contributed by atoms with Crippen molar-refractivity contribution in [1.29, 1.82) is 0 Å². The van der Waals surface area contributed by atoms with Crippen LogP contribution in [0.1, 0.15) is 6.42 Å². The molecule has 1 aliphatic heterocycles. The van der Waals surface area contributed by atoms with Crippen LogP contribution in [-0.4, -0.2) is 52.0 Å². The predicted octanol–water partition coefficient (Wildman–Crippen LogP) is 1.88. The number of carbonyl (C=O) groups is 1. The minimum Gasteiger partial charge on any atom is -0.452 e. The Kier molecular flexibility index (Phi) is 4.82. The number of alkyl halides is 3. The number of hydrogen-bond acceptors (Lipinski definition) is 6. The Morgan fingerprint density at radius 1 is 1.48 bits per heavy atom. The molecule has 2 unspecified atom stereocenters. The third-order valence-corrected chi connectivity index (χ3v) is 4.22. The van der Waals surface area contributed by atoms with E-state index >= 15 is 0 Å². The molecule has 136 valence electrons. The molecular weight excluding hydrogens is 414 g/mol. The zero-order chi connectivity index (χ0) is 18.2. The van der Waals surface area contributed by atoms with E-state index in [1.807, 2.05) is 0 Å². The van der Waals surface area contributed by atoms with Gasteiger partial charge in [0.05, 0.1) is 12.2 Å². The van der Waals surface area contributed by atoms with Gasteiger partial charge in [-0.25, -0.2) is 18.7 Å². The van der Waals surface area contributed by atoms with E-state index < -0.39 is 30.1 Å². The highest BCUT2D eigenvalue weighted by atomic mass is 79.9. The molecule has 3 rings (SSSR count). The lowest BCUT2D eigenvalue weighted by Crippen LogP contribution is -2.51. The van der Waals surface area contributed by atoms with Crippen molar-refractivity contribution in [2.24, 2.45) is 0 Å². The van der Waals surface area contributed by atoms with Crippen molar-refractivity contribution in [3.8, 4) is 0 Å². The van der Waals surface area contributed by atoms with Crippen molar-refractivity contribution < 1.29 is 27.1 Å². The Balaban J connectivity index is 1.77. The maximum absolute atomic E-state index is 13.6. The van der Waals surface area contributed by atoms with Crippen LogP contribution in [-0.2, 0) is 9.53 Å². The maximum Gasteiger partial charge on any atom is 0.490 e. The summed E-state index contributed by atoms with van der Waals surface area (Å²) in [7, 11) is 0. The Morgan fingerprint density at radius 2 is 2.24 bits per heavy atom. The van der Waals surface area contributed by atoms with Gasteiger partial charge in [-0.2, -0.15) is 13.2 Å². The van der Waals surface area contributed by atoms with E-state index in [9.17, 15) is 22.4 Å². The van der Waals surface area contributed by atoms with Crippen molar-refractivity contribution in [3.05, 3.63) is 22.7 Å². The van der Waals surface area contributed by atoms with E-state index in [-0.39, 0.29) is 18.0 Å². The molecule has 12 heteroatoms. The van der Waals surface area contributed by atoms with Gasteiger partial charge in [0.1, 0.15) is 16.2 Å². The van der Waals surface area contributed by atoms with Crippen molar-refractivity contribution in [3.63, 3.8) is 0 Å². The summed E-state index contributed by atoms with van der Waals surface area (Å²) in [5, 5.41) is 9.78. The van der Waals surface area contributed by atoms with E-state index in [0.29, 0.717) is 17.6 Å². The largest absolute Gasteiger partial charge is 0.490 e. The zero-order valence-corrected chi connectivity index (χ0v) is 14.1. The number of halogens is 5. The van der Waals surface area contributed by atoms with E-state index in [1.54, 1.807) is 0 Å². The molecule has 2 aromatic rings. The standard InChI is InChI=1S/C13H12BrF4N5O2/c14-10-3-6(15)8-4-20-12(22-23(8)10)21-7-1-2-19-5-9(7)25-11(24)13(16,17)18/h3-4,7,9,19H,1-2,5H2,(H,21,22). The second-order valence-electron chi connectivity index (χ2n) is 5.38. The highest BCUT2D eigenvalue weighted by molar-refractivity contribution is 9.10. The van der Waals surface area contributed by atoms with Gasteiger partial charge in [0.25, 0.3) is 0 Å². The van der Waals surface area contributed by atoms with Gasteiger partial charge in [0.2, 0.25) is 5.95 Å².